The number of benzene rings is 2. The van der Waals surface area contributed by atoms with Crippen LogP contribution < -0.4 is 14.8 Å². The monoisotopic (exact) mass is 608 g/mol. The molecule has 42 heavy (non-hydrogen) atoms. The smallest absolute Gasteiger partial charge is 0.338 e. The van der Waals surface area contributed by atoms with Crippen molar-refractivity contribution in [2.45, 2.75) is 77.4 Å². The number of carbonyl (C=O) groups is 2. The lowest BCUT2D eigenvalue weighted by molar-refractivity contribution is 0.0526. The normalized spacial score (nSPS) is 15.3. The van der Waals surface area contributed by atoms with Crippen molar-refractivity contribution < 1.29 is 23.8 Å². The molecule has 5 rings (SSSR count). The minimum atomic E-state index is -0.355. The Balaban J connectivity index is 1.32. The molecular formula is C33H37ClN2O5S. The molecule has 2 aliphatic carbocycles. The average Bonchev–Trinajstić information content (AvgIpc) is 3.38. The van der Waals surface area contributed by atoms with Gasteiger partial charge in [0.1, 0.15) is 11.6 Å². The van der Waals surface area contributed by atoms with Gasteiger partial charge in [0.25, 0.3) is 5.91 Å². The Morgan fingerprint density at radius 1 is 1.07 bits per heavy atom. The largest absolute Gasteiger partial charge is 0.493 e. The van der Waals surface area contributed by atoms with E-state index in [0.29, 0.717) is 28.7 Å². The highest BCUT2D eigenvalue weighted by Crippen LogP contribution is 2.41. The third-order valence-electron chi connectivity index (χ3n) is 7.75. The number of nitrogens with zero attached hydrogens (tertiary/aromatic N) is 1. The minimum Gasteiger partial charge on any atom is -0.493 e. The van der Waals surface area contributed by atoms with Gasteiger partial charge in [-0.3, -0.25) is 4.79 Å². The van der Waals surface area contributed by atoms with Gasteiger partial charge < -0.3 is 19.5 Å². The number of thiophene rings is 1. The number of methoxy groups -OCH3 is 1. The molecule has 2 aromatic carbocycles. The van der Waals surface area contributed by atoms with E-state index in [9.17, 15) is 9.59 Å². The summed E-state index contributed by atoms with van der Waals surface area (Å²) in [4.78, 5) is 31.5. The first kappa shape index (κ1) is 30.1. The number of halogens is 1. The van der Waals surface area contributed by atoms with Crippen LogP contribution in [-0.2, 0) is 24.2 Å². The minimum absolute atomic E-state index is 0.00287. The Morgan fingerprint density at radius 2 is 1.83 bits per heavy atom. The number of carbonyl (C=O) groups excluding carboxylic acids is 2. The first-order valence-corrected chi connectivity index (χ1v) is 15.9. The molecule has 2 aliphatic rings. The zero-order valence-electron chi connectivity index (χ0n) is 24.2. The van der Waals surface area contributed by atoms with Gasteiger partial charge in [-0.05, 0) is 86.4 Å². The third-order valence-corrected chi connectivity index (χ3v) is 9.23. The Labute approximate surface area is 256 Å². The topological polar surface area (TPSA) is 86.2 Å². The van der Waals surface area contributed by atoms with Crippen molar-refractivity contribution in [3.8, 4) is 11.5 Å². The molecular weight excluding hydrogens is 572 g/mol. The van der Waals surface area contributed by atoms with Crippen LogP contribution in [0.4, 0.5) is 5.00 Å². The molecule has 9 heteroatoms. The Kier molecular flexibility index (Phi) is 10.2. The molecule has 1 N–H and O–H groups in total. The molecule has 0 spiro atoms. The highest BCUT2D eigenvalue weighted by atomic mass is 35.5. The van der Waals surface area contributed by atoms with Crippen LogP contribution in [0, 0.1) is 0 Å². The van der Waals surface area contributed by atoms with E-state index in [1.807, 2.05) is 18.2 Å². The van der Waals surface area contributed by atoms with E-state index in [2.05, 4.69) is 5.32 Å². The van der Waals surface area contributed by atoms with Crippen LogP contribution in [0.1, 0.15) is 94.2 Å². The van der Waals surface area contributed by atoms with Crippen LogP contribution >= 0.6 is 22.9 Å². The number of hydrogen-bond donors (Lipinski definition) is 1. The first-order valence-electron chi connectivity index (χ1n) is 14.7. The maximum absolute atomic E-state index is 13.5. The number of amides is 1. The highest BCUT2D eigenvalue weighted by Gasteiger charge is 2.27. The molecule has 0 saturated heterocycles. The second-order valence-corrected chi connectivity index (χ2v) is 12.2. The lowest BCUT2D eigenvalue weighted by Gasteiger charge is -2.23. The Morgan fingerprint density at radius 3 is 2.57 bits per heavy atom. The van der Waals surface area contributed by atoms with Crippen LogP contribution in [-0.4, -0.2) is 37.8 Å². The van der Waals surface area contributed by atoms with E-state index in [0.717, 1.165) is 60.2 Å². The fourth-order valence-electron chi connectivity index (χ4n) is 5.58. The summed E-state index contributed by atoms with van der Waals surface area (Å²) in [5, 5.41) is 4.44. The molecule has 1 fully saturated rings. The Hall–Kier alpha value is -3.36. The van der Waals surface area contributed by atoms with E-state index in [1.54, 1.807) is 49.8 Å². The molecule has 1 saturated carbocycles. The standard InChI is InChI=1S/C33H37ClN2O5S/c1-3-40-33(38)23-15-13-21(14-16-23)20-41-30-26(34)17-22(18-27(30)39-2)19-35-32-29(25-11-7-8-12-28(25)42-32)31(37)36-24-9-5-4-6-10-24/h13-19,24H,3-12,20H2,1-2H3,(H,36,37). The van der Waals surface area contributed by atoms with Gasteiger partial charge in [-0.2, -0.15) is 0 Å². The van der Waals surface area contributed by atoms with Crippen molar-refractivity contribution in [1.29, 1.82) is 0 Å². The van der Waals surface area contributed by atoms with Crippen molar-refractivity contribution in [1.82, 2.24) is 5.32 Å². The molecule has 7 nitrogen and oxygen atoms in total. The number of ether oxygens (including phenoxy) is 3. The fraction of sp³-hybridized carbons (Fsp3) is 0.424. The molecule has 0 aliphatic heterocycles. The Bertz CT molecular complexity index is 1440. The van der Waals surface area contributed by atoms with E-state index in [4.69, 9.17) is 30.8 Å². The van der Waals surface area contributed by atoms with Gasteiger partial charge in [-0.15, -0.1) is 11.3 Å². The third kappa shape index (κ3) is 7.16. The number of hydrogen-bond acceptors (Lipinski definition) is 7. The van der Waals surface area contributed by atoms with Crippen molar-refractivity contribution in [3.63, 3.8) is 0 Å². The van der Waals surface area contributed by atoms with Gasteiger partial charge in [0, 0.05) is 17.1 Å². The van der Waals surface area contributed by atoms with Gasteiger partial charge >= 0.3 is 5.97 Å². The predicted molar refractivity (Wildman–Crippen MR) is 167 cm³/mol. The summed E-state index contributed by atoms with van der Waals surface area (Å²) in [6.45, 7) is 2.35. The summed E-state index contributed by atoms with van der Waals surface area (Å²) in [5.41, 5.74) is 4.01. The second-order valence-electron chi connectivity index (χ2n) is 10.7. The maximum Gasteiger partial charge on any atom is 0.338 e. The number of aryl methyl sites for hydroxylation is 1. The summed E-state index contributed by atoms with van der Waals surface area (Å²) in [6, 6.07) is 10.9. The van der Waals surface area contributed by atoms with Gasteiger partial charge in [-0.25, -0.2) is 9.79 Å². The van der Waals surface area contributed by atoms with E-state index in [1.165, 1.54) is 29.7 Å². The van der Waals surface area contributed by atoms with Gasteiger partial charge in [0.15, 0.2) is 11.5 Å². The van der Waals surface area contributed by atoms with Crippen LogP contribution in [0.5, 0.6) is 11.5 Å². The number of fused-ring (bicyclic) bond motifs is 1. The SMILES string of the molecule is CCOC(=O)c1ccc(COc2c(Cl)cc(C=Nc3sc4c(c3C(=O)NC3CCCCC3)CCCC4)cc2OC)cc1. The lowest BCUT2D eigenvalue weighted by Crippen LogP contribution is -2.36. The van der Waals surface area contributed by atoms with E-state index >= 15 is 0 Å². The van der Waals surface area contributed by atoms with Gasteiger partial charge in [0.05, 0.1) is 29.9 Å². The zero-order valence-corrected chi connectivity index (χ0v) is 25.7. The molecule has 0 bridgehead atoms. The lowest BCUT2D eigenvalue weighted by atomic mass is 9.93. The molecule has 0 unspecified atom stereocenters. The van der Waals surface area contributed by atoms with Crippen LogP contribution in [0.15, 0.2) is 41.4 Å². The number of aliphatic imine (C=N–C) groups is 1. The van der Waals surface area contributed by atoms with E-state index in [-0.39, 0.29) is 24.5 Å². The van der Waals surface area contributed by atoms with Crippen molar-refractivity contribution >= 4 is 46.0 Å². The van der Waals surface area contributed by atoms with Crippen molar-refractivity contribution in [3.05, 3.63) is 74.1 Å². The van der Waals surface area contributed by atoms with E-state index < -0.39 is 0 Å². The fourth-order valence-corrected chi connectivity index (χ4v) is 7.08. The average molecular weight is 609 g/mol. The number of nitrogens with one attached hydrogen (secondary N) is 1. The summed E-state index contributed by atoms with van der Waals surface area (Å²) in [6.07, 6.45) is 11.6. The summed E-state index contributed by atoms with van der Waals surface area (Å²) in [5.74, 6) is 0.549. The molecule has 0 atom stereocenters. The summed E-state index contributed by atoms with van der Waals surface area (Å²) < 4.78 is 16.7. The number of esters is 1. The zero-order chi connectivity index (χ0) is 29.5. The summed E-state index contributed by atoms with van der Waals surface area (Å²) in [7, 11) is 1.56. The van der Waals surface area contributed by atoms with Crippen LogP contribution in [0.3, 0.4) is 0 Å². The van der Waals surface area contributed by atoms with Crippen molar-refractivity contribution in [2.75, 3.05) is 13.7 Å². The molecule has 222 valence electrons. The second kappa shape index (κ2) is 14.2. The summed E-state index contributed by atoms with van der Waals surface area (Å²) >= 11 is 8.27. The number of rotatable bonds is 10. The van der Waals surface area contributed by atoms with Gasteiger partial charge in [-0.1, -0.05) is 43.0 Å². The molecule has 3 aromatic rings. The molecule has 0 radical (unpaired) electrons. The maximum atomic E-state index is 13.5. The predicted octanol–water partition coefficient (Wildman–Crippen LogP) is 7.86. The molecule has 1 aromatic heterocycles. The molecule has 1 amide bonds. The van der Waals surface area contributed by atoms with Crippen LogP contribution in [0.2, 0.25) is 5.02 Å². The highest BCUT2D eigenvalue weighted by molar-refractivity contribution is 7.16. The van der Waals surface area contributed by atoms with Gasteiger partial charge in [0.2, 0.25) is 0 Å². The quantitative estimate of drug-likeness (QED) is 0.187. The van der Waals surface area contributed by atoms with Crippen LogP contribution in [0.25, 0.3) is 0 Å². The molecule has 1 heterocycles. The first-order chi connectivity index (χ1) is 20.5. The van der Waals surface area contributed by atoms with Crippen molar-refractivity contribution in [2.24, 2.45) is 4.99 Å².